The lowest BCUT2D eigenvalue weighted by Crippen LogP contribution is -2.37. The molecule has 7 rings (SSSR count). The van der Waals surface area contributed by atoms with Gasteiger partial charge < -0.3 is 10.2 Å². The van der Waals surface area contributed by atoms with Crippen molar-refractivity contribution < 1.29 is 0 Å². The highest BCUT2D eigenvalue weighted by Crippen LogP contribution is 2.57. The van der Waals surface area contributed by atoms with Crippen LogP contribution >= 0.6 is 0 Å². The average molecular weight is 501 g/mol. The van der Waals surface area contributed by atoms with Crippen LogP contribution in [0.2, 0.25) is 0 Å². The predicted octanol–water partition coefficient (Wildman–Crippen LogP) is 9.60. The van der Waals surface area contributed by atoms with Gasteiger partial charge in [-0.15, -0.1) is 0 Å². The number of rotatable bonds is 5. The fourth-order valence-electron chi connectivity index (χ4n) is 6.07. The maximum atomic E-state index is 3.51. The predicted molar refractivity (Wildman–Crippen MR) is 163 cm³/mol. The van der Waals surface area contributed by atoms with Crippen molar-refractivity contribution >= 4 is 28.4 Å². The minimum atomic E-state index is -0.443. The van der Waals surface area contributed by atoms with Crippen molar-refractivity contribution in [3.05, 3.63) is 186 Å². The molecule has 1 heterocycles. The van der Waals surface area contributed by atoms with Crippen molar-refractivity contribution in [2.75, 3.05) is 10.2 Å². The number of anilines is 5. The molecule has 1 N–H and O–H groups in total. The van der Waals surface area contributed by atoms with Crippen LogP contribution in [0.3, 0.4) is 0 Å². The molecule has 6 aromatic carbocycles. The third-order valence-electron chi connectivity index (χ3n) is 7.70. The molecular formula is C37H28N2. The van der Waals surface area contributed by atoms with Crippen molar-refractivity contribution in [3.63, 3.8) is 0 Å². The zero-order chi connectivity index (χ0) is 26.1. The standard InChI is InChI=1S/C37H28N2/c1-4-14-28(15-5-1)37(29-16-6-2-7-17-29)33-20-10-12-22-35(33)39(36-23-13-11-21-34(36)37)32-26-24-31(25-27-32)38-30-18-8-3-9-19-30/h1-27,38H. The zero-order valence-corrected chi connectivity index (χ0v) is 21.5. The van der Waals surface area contributed by atoms with Gasteiger partial charge in [0, 0.05) is 17.1 Å². The van der Waals surface area contributed by atoms with Gasteiger partial charge in [-0.05, 0) is 70.8 Å². The van der Waals surface area contributed by atoms with Crippen LogP contribution in [0, 0.1) is 0 Å². The summed E-state index contributed by atoms with van der Waals surface area (Å²) in [7, 11) is 0. The largest absolute Gasteiger partial charge is 0.356 e. The maximum absolute atomic E-state index is 3.51. The molecule has 0 atom stereocenters. The Kier molecular flexibility index (Phi) is 5.71. The van der Waals surface area contributed by atoms with Crippen molar-refractivity contribution in [1.82, 2.24) is 0 Å². The van der Waals surface area contributed by atoms with Gasteiger partial charge in [-0.2, -0.15) is 0 Å². The second-order valence-electron chi connectivity index (χ2n) is 9.89. The number of nitrogens with zero attached hydrogens (tertiary/aromatic N) is 1. The summed E-state index contributed by atoms with van der Waals surface area (Å²) in [6, 6.07) is 58.6. The lowest BCUT2D eigenvalue weighted by Gasteiger charge is -2.46. The molecule has 39 heavy (non-hydrogen) atoms. The van der Waals surface area contributed by atoms with E-state index in [-0.39, 0.29) is 0 Å². The molecule has 0 spiro atoms. The van der Waals surface area contributed by atoms with Gasteiger partial charge in [-0.3, -0.25) is 0 Å². The minimum absolute atomic E-state index is 0.443. The van der Waals surface area contributed by atoms with Gasteiger partial charge in [0.05, 0.1) is 16.8 Å². The van der Waals surface area contributed by atoms with E-state index < -0.39 is 5.41 Å². The van der Waals surface area contributed by atoms with Gasteiger partial charge in [0.2, 0.25) is 0 Å². The Morgan fingerprint density at radius 1 is 0.385 bits per heavy atom. The molecule has 0 radical (unpaired) electrons. The number of fused-ring (bicyclic) bond motifs is 2. The van der Waals surface area contributed by atoms with E-state index in [1.54, 1.807) is 0 Å². The molecule has 0 bridgehead atoms. The lowest BCUT2D eigenvalue weighted by atomic mass is 9.62. The van der Waals surface area contributed by atoms with E-state index in [0.29, 0.717) is 0 Å². The molecule has 0 fully saturated rings. The third-order valence-corrected chi connectivity index (χ3v) is 7.70. The Balaban J connectivity index is 1.44. The normalized spacial score (nSPS) is 13.3. The third kappa shape index (κ3) is 3.81. The number of nitrogens with one attached hydrogen (secondary N) is 1. The van der Waals surface area contributed by atoms with Crippen molar-refractivity contribution in [1.29, 1.82) is 0 Å². The van der Waals surface area contributed by atoms with Gasteiger partial charge >= 0.3 is 0 Å². The number of hydrogen-bond acceptors (Lipinski definition) is 2. The van der Waals surface area contributed by atoms with Crippen molar-refractivity contribution in [2.45, 2.75) is 5.41 Å². The topological polar surface area (TPSA) is 15.3 Å². The molecular weight excluding hydrogens is 472 g/mol. The summed E-state index contributed by atoms with van der Waals surface area (Å²) in [5.41, 5.74) is 10.3. The molecule has 0 unspecified atom stereocenters. The zero-order valence-electron chi connectivity index (χ0n) is 21.5. The fourth-order valence-corrected chi connectivity index (χ4v) is 6.07. The van der Waals surface area contributed by atoms with Crippen LogP contribution in [0.1, 0.15) is 22.3 Å². The van der Waals surface area contributed by atoms with Crippen LogP contribution in [0.4, 0.5) is 28.4 Å². The summed E-state index contributed by atoms with van der Waals surface area (Å²) in [5.74, 6) is 0. The van der Waals surface area contributed by atoms with Gasteiger partial charge in [-0.1, -0.05) is 115 Å². The molecule has 0 amide bonds. The van der Waals surface area contributed by atoms with E-state index >= 15 is 0 Å². The van der Waals surface area contributed by atoms with E-state index in [1.165, 1.54) is 33.6 Å². The van der Waals surface area contributed by atoms with Crippen molar-refractivity contribution in [2.24, 2.45) is 0 Å². The number of hydrogen-bond donors (Lipinski definition) is 1. The summed E-state index contributed by atoms with van der Waals surface area (Å²) in [5, 5.41) is 3.51. The van der Waals surface area contributed by atoms with Crippen LogP contribution < -0.4 is 10.2 Å². The van der Waals surface area contributed by atoms with Crippen LogP contribution in [0.5, 0.6) is 0 Å². The van der Waals surface area contributed by atoms with Crippen LogP contribution in [0.15, 0.2) is 164 Å². The Labute approximate surface area is 229 Å². The summed E-state index contributed by atoms with van der Waals surface area (Å²) in [6.45, 7) is 0. The Hall–Kier alpha value is -5.08. The van der Waals surface area contributed by atoms with Crippen LogP contribution in [-0.2, 0) is 5.41 Å². The smallest absolute Gasteiger partial charge is 0.0742 e. The number of para-hydroxylation sites is 3. The molecule has 1 aliphatic rings. The summed E-state index contributed by atoms with van der Waals surface area (Å²) < 4.78 is 0. The summed E-state index contributed by atoms with van der Waals surface area (Å²) in [4.78, 5) is 2.40. The summed E-state index contributed by atoms with van der Waals surface area (Å²) >= 11 is 0. The quantitative estimate of drug-likeness (QED) is 0.253. The lowest BCUT2D eigenvalue weighted by molar-refractivity contribution is 0.731. The highest BCUT2D eigenvalue weighted by atomic mass is 15.2. The van der Waals surface area contributed by atoms with Crippen LogP contribution in [-0.4, -0.2) is 0 Å². The first-order valence-corrected chi connectivity index (χ1v) is 13.4. The number of benzene rings is 6. The van der Waals surface area contributed by atoms with Gasteiger partial charge in [0.25, 0.3) is 0 Å². The Morgan fingerprint density at radius 3 is 1.31 bits per heavy atom. The van der Waals surface area contributed by atoms with E-state index in [4.69, 9.17) is 0 Å². The SMILES string of the molecule is c1ccc(Nc2ccc(N3c4ccccc4C(c4ccccc4)(c4ccccc4)c4ccccc43)cc2)cc1. The fraction of sp³-hybridized carbons (Fsp3) is 0.0270. The average Bonchev–Trinajstić information content (AvgIpc) is 3.02. The monoisotopic (exact) mass is 500 g/mol. The second-order valence-corrected chi connectivity index (χ2v) is 9.89. The van der Waals surface area contributed by atoms with Crippen molar-refractivity contribution in [3.8, 4) is 0 Å². The van der Waals surface area contributed by atoms with E-state index in [1.807, 2.05) is 18.2 Å². The molecule has 2 heteroatoms. The minimum Gasteiger partial charge on any atom is -0.356 e. The van der Waals surface area contributed by atoms with Gasteiger partial charge in [0.15, 0.2) is 0 Å². The molecule has 0 saturated heterocycles. The molecule has 1 aliphatic heterocycles. The van der Waals surface area contributed by atoms with E-state index in [0.717, 1.165) is 17.1 Å². The molecule has 186 valence electrons. The second kappa shape index (κ2) is 9.66. The molecule has 0 aliphatic carbocycles. The maximum Gasteiger partial charge on any atom is 0.0742 e. The van der Waals surface area contributed by atoms with Gasteiger partial charge in [0.1, 0.15) is 0 Å². The summed E-state index contributed by atoms with van der Waals surface area (Å²) in [6.07, 6.45) is 0. The first-order valence-electron chi connectivity index (χ1n) is 13.4. The molecule has 0 saturated carbocycles. The van der Waals surface area contributed by atoms with Gasteiger partial charge in [-0.25, -0.2) is 0 Å². The highest BCUT2D eigenvalue weighted by molar-refractivity contribution is 5.89. The molecule has 6 aromatic rings. The Bertz CT molecular complexity index is 1620. The first kappa shape index (κ1) is 23.1. The van der Waals surface area contributed by atoms with E-state index in [9.17, 15) is 0 Å². The first-order chi connectivity index (χ1) is 19.4. The Morgan fingerprint density at radius 2 is 0.795 bits per heavy atom. The molecule has 0 aromatic heterocycles. The van der Waals surface area contributed by atoms with Crippen LogP contribution in [0.25, 0.3) is 0 Å². The molecule has 2 nitrogen and oxygen atoms in total. The highest BCUT2D eigenvalue weighted by Gasteiger charge is 2.46. The van der Waals surface area contributed by atoms with E-state index in [2.05, 4.69) is 156 Å².